The van der Waals surface area contributed by atoms with Crippen LogP contribution < -0.4 is 10.2 Å². The molecule has 0 saturated carbocycles. The molecule has 3 aromatic rings. The standard InChI is InChI=1S/C19H20ClN3OS2/c1-3-23(4-2)15-7-5-13(6-8-15)21-18(24)11-14-12-25-19(22-14)16-9-10-17(20)26-16/h5-10,12H,3-4,11H2,1-2H3,(H,21,24). The van der Waals surface area contributed by atoms with E-state index >= 15 is 0 Å². The normalized spacial score (nSPS) is 10.7. The number of amides is 1. The van der Waals surface area contributed by atoms with Crippen LogP contribution >= 0.6 is 34.3 Å². The number of nitrogens with zero attached hydrogens (tertiary/aromatic N) is 2. The van der Waals surface area contributed by atoms with Crippen molar-refractivity contribution in [2.24, 2.45) is 0 Å². The first-order chi connectivity index (χ1) is 12.6. The molecule has 7 heteroatoms. The lowest BCUT2D eigenvalue weighted by Gasteiger charge is -2.21. The molecule has 0 atom stereocenters. The highest BCUT2D eigenvalue weighted by Crippen LogP contribution is 2.33. The highest BCUT2D eigenvalue weighted by atomic mass is 35.5. The van der Waals surface area contributed by atoms with Crippen LogP contribution in [0.1, 0.15) is 19.5 Å². The number of anilines is 2. The van der Waals surface area contributed by atoms with Crippen LogP contribution in [-0.2, 0) is 11.2 Å². The zero-order valence-electron chi connectivity index (χ0n) is 14.7. The summed E-state index contributed by atoms with van der Waals surface area (Å²) in [7, 11) is 0. The zero-order valence-corrected chi connectivity index (χ0v) is 17.0. The van der Waals surface area contributed by atoms with Gasteiger partial charge in [0, 0.05) is 29.8 Å². The van der Waals surface area contributed by atoms with Crippen LogP contribution in [0.15, 0.2) is 41.8 Å². The Morgan fingerprint density at radius 1 is 1.15 bits per heavy atom. The van der Waals surface area contributed by atoms with Crippen LogP contribution in [0.3, 0.4) is 0 Å². The molecular formula is C19H20ClN3OS2. The first-order valence-electron chi connectivity index (χ1n) is 8.44. The lowest BCUT2D eigenvalue weighted by Crippen LogP contribution is -2.21. The smallest absolute Gasteiger partial charge is 0.230 e. The summed E-state index contributed by atoms with van der Waals surface area (Å²) < 4.78 is 0.739. The molecule has 0 saturated heterocycles. The molecule has 1 amide bonds. The molecular weight excluding hydrogens is 386 g/mol. The van der Waals surface area contributed by atoms with Crippen LogP contribution in [0, 0.1) is 0 Å². The molecule has 0 unspecified atom stereocenters. The number of rotatable bonds is 7. The van der Waals surface area contributed by atoms with Crippen LogP contribution in [0.4, 0.5) is 11.4 Å². The summed E-state index contributed by atoms with van der Waals surface area (Å²) in [6.07, 6.45) is 0.257. The molecule has 4 nitrogen and oxygen atoms in total. The second-order valence-corrected chi connectivity index (χ2v) is 8.27. The molecule has 136 valence electrons. The predicted molar refractivity (Wildman–Crippen MR) is 113 cm³/mol. The quantitative estimate of drug-likeness (QED) is 0.560. The average molecular weight is 406 g/mol. The van der Waals surface area contributed by atoms with Gasteiger partial charge in [0.1, 0.15) is 5.01 Å². The Morgan fingerprint density at radius 2 is 1.88 bits per heavy atom. The summed E-state index contributed by atoms with van der Waals surface area (Å²) >= 11 is 8.99. The second kappa shape index (κ2) is 8.66. The van der Waals surface area contributed by atoms with Crippen molar-refractivity contribution in [2.75, 3.05) is 23.3 Å². The maximum atomic E-state index is 12.3. The van der Waals surface area contributed by atoms with Gasteiger partial charge in [0.15, 0.2) is 0 Å². The summed E-state index contributed by atoms with van der Waals surface area (Å²) in [6.45, 7) is 6.19. The highest BCUT2D eigenvalue weighted by molar-refractivity contribution is 7.23. The second-order valence-electron chi connectivity index (χ2n) is 5.69. The summed E-state index contributed by atoms with van der Waals surface area (Å²) in [5.74, 6) is -0.0679. The fourth-order valence-electron chi connectivity index (χ4n) is 2.64. The molecule has 0 radical (unpaired) electrons. The SMILES string of the molecule is CCN(CC)c1ccc(NC(=O)Cc2csc(-c3ccc(Cl)s3)n2)cc1. The van der Waals surface area contributed by atoms with E-state index in [9.17, 15) is 4.79 Å². The Balaban J connectivity index is 1.60. The number of carbonyl (C=O) groups excluding carboxylic acids is 1. The van der Waals surface area contributed by atoms with E-state index in [1.807, 2.05) is 41.8 Å². The molecule has 0 aliphatic heterocycles. The van der Waals surface area contributed by atoms with Crippen LogP contribution in [0.25, 0.3) is 9.88 Å². The van der Waals surface area contributed by atoms with Crippen molar-refractivity contribution in [3.8, 4) is 9.88 Å². The fraction of sp³-hybridized carbons (Fsp3) is 0.263. The number of hydrogen-bond acceptors (Lipinski definition) is 5. The maximum absolute atomic E-state index is 12.3. The topological polar surface area (TPSA) is 45.2 Å². The van der Waals surface area contributed by atoms with Crippen molar-refractivity contribution in [3.05, 3.63) is 51.8 Å². The number of thiazole rings is 1. The van der Waals surface area contributed by atoms with Crippen molar-refractivity contribution >= 4 is 51.6 Å². The Hall–Kier alpha value is -1.89. The van der Waals surface area contributed by atoms with Crippen molar-refractivity contribution < 1.29 is 4.79 Å². The number of benzene rings is 1. The van der Waals surface area contributed by atoms with Crippen molar-refractivity contribution in [1.82, 2.24) is 4.98 Å². The highest BCUT2D eigenvalue weighted by Gasteiger charge is 2.11. The minimum atomic E-state index is -0.0679. The van der Waals surface area contributed by atoms with Gasteiger partial charge >= 0.3 is 0 Å². The van der Waals surface area contributed by atoms with Crippen molar-refractivity contribution in [2.45, 2.75) is 20.3 Å². The number of hydrogen-bond donors (Lipinski definition) is 1. The molecule has 1 aromatic carbocycles. The van der Waals surface area contributed by atoms with E-state index < -0.39 is 0 Å². The van der Waals surface area contributed by atoms with E-state index in [1.54, 1.807) is 0 Å². The maximum Gasteiger partial charge on any atom is 0.230 e. The van der Waals surface area contributed by atoms with E-state index in [1.165, 1.54) is 22.7 Å². The number of thiophene rings is 1. The number of carbonyl (C=O) groups is 1. The van der Waals surface area contributed by atoms with Gasteiger partial charge in [-0.3, -0.25) is 4.79 Å². The van der Waals surface area contributed by atoms with Gasteiger partial charge in [-0.25, -0.2) is 4.98 Å². The van der Waals surface area contributed by atoms with Crippen molar-refractivity contribution in [1.29, 1.82) is 0 Å². The summed E-state index contributed by atoms with van der Waals surface area (Å²) in [4.78, 5) is 20.1. The van der Waals surface area contributed by atoms with E-state index in [-0.39, 0.29) is 12.3 Å². The van der Waals surface area contributed by atoms with Gasteiger partial charge in [-0.1, -0.05) is 11.6 Å². The molecule has 2 heterocycles. The molecule has 0 aliphatic rings. The number of halogens is 1. The Morgan fingerprint density at radius 3 is 2.50 bits per heavy atom. The Labute approximate surface area is 166 Å². The third kappa shape index (κ3) is 4.63. The van der Waals surface area contributed by atoms with E-state index in [0.29, 0.717) is 0 Å². The van der Waals surface area contributed by atoms with Gasteiger partial charge in [-0.2, -0.15) is 0 Å². The molecule has 1 N–H and O–H groups in total. The third-order valence-electron chi connectivity index (χ3n) is 3.96. The molecule has 2 aromatic heterocycles. The predicted octanol–water partition coefficient (Wildman–Crippen LogP) is 5.55. The lowest BCUT2D eigenvalue weighted by atomic mass is 10.2. The fourth-order valence-corrected chi connectivity index (χ4v) is 4.58. The van der Waals surface area contributed by atoms with Gasteiger partial charge in [0.2, 0.25) is 5.91 Å². The monoisotopic (exact) mass is 405 g/mol. The first-order valence-corrected chi connectivity index (χ1v) is 10.5. The van der Waals surface area contributed by atoms with Crippen molar-refractivity contribution in [3.63, 3.8) is 0 Å². The largest absolute Gasteiger partial charge is 0.372 e. The van der Waals surface area contributed by atoms with E-state index in [0.717, 1.165) is 44.4 Å². The number of nitrogens with one attached hydrogen (secondary N) is 1. The minimum absolute atomic E-state index is 0.0679. The zero-order chi connectivity index (χ0) is 18.5. The summed E-state index contributed by atoms with van der Waals surface area (Å²) in [5.41, 5.74) is 2.73. The van der Waals surface area contributed by atoms with Gasteiger partial charge in [0.05, 0.1) is 21.3 Å². The lowest BCUT2D eigenvalue weighted by molar-refractivity contribution is -0.115. The number of aromatic nitrogens is 1. The Kier molecular flexibility index (Phi) is 6.29. The molecule has 0 spiro atoms. The van der Waals surface area contributed by atoms with E-state index in [2.05, 4.69) is 29.0 Å². The van der Waals surface area contributed by atoms with Gasteiger partial charge in [0.25, 0.3) is 0 Å². The Bertz CT molecular complexity index is 869. The molecule has 0 aliphatic carbocycles. The van der Waals surface area contributed by atoms with Crippen LogP contribution in [0.5, 0.6) is 0 Å². The first kappa shape index (κ1) is 18.9. The van der Waals surface area contributed by atoms with Gasteiger partial charge in [-0.15, -0.1) is 22.7 Å². The average Bonchev–Trinajstić information content (AvgIpc) is 3.26. The molecule has 0 fully saturated rings. The van der Waals surface area contributed by atoms with Gasteiger partial charge < -0.3 is 10.2 Å². The minimum Gasteiger partial charge on any atom is -0.372 e. The van der Waals surface area contributed by atoms with Crippen LogP contribution in [-0.4, -0.2) is 24.0 Å². The van der Waals surface area contributed by atoms with Gasteiger partial charge in [-0.05, 0) is 50.2 Å². The third-order valence-corrected chi connectivity index (χ3v) is 6.25. The van der Waals surface area contributed by atoms with E-state index in [4.69, 9.17) is 11.6 Å². The summed E-state index contributed by atoms with van der Waals surface area (Å²) in [5, 5.41) is 5.75. The molecule has 26 heavy (non-hydrogen) atoms. The van der Waals surface area contributed by atoms with Crippen LogP contribution in [0.2, 0.25) is 4.34 Å². The summed E-state index contributed by atoms with van der Waals surface area (Å²) in [6, 6.07) is 11.7. The molecule has 0 bridgehead atoms. The molecule has 3 rings (SSSR count).